The predicted octanol–water partition coefficient (Wildman–Crippen LogP) is 1.91. The van der Waals surface area contributed by atoms with Gasteiger partial charge in [-0.2, -0.15) is 0 Å². The lowest BCUT2D eigenvalue weighted by Gasteiger charge is -2.31. The maximum absolute atomic E-state index is 12.4. The van der Waals surface area contributed by atoms with Gasteiger partial charge >= 0.3 is 5.97 Å². The van der Waals surface area contributed by atoms with Crippen LogP contribution in [-0.4, -0.2) is 41.0 Å². The third kappa shape index (κ3) is 3.65. The molecule has 1 saturated heterocycles. The Bertz CT molecular complexity index is 494. The second-order valence-electron chi connectivity index (χ2n) is 5.61. The second-order valence-corrected chi connectivity index (χ2v) is 5.61. The summed E-state index contributed by atoms with van der Waals surface area (Å²) in [5, 5.41) is 0. The van der Waals surface area contributed by atoms with Crippen LogP contribution in [0.3, 0.4) is 0 Å². The molecule has 0 bridgehead atoms. The molecule has 0 atom stereocenters. The van der Waals surface area contributed by atoms with E-state index in [-0.39, 0.29) is 17.8 Å². The van der Waals surface area contributed by atoms with E-state index in [1.807, 2.05) is 42.4 Å². The number of carbonyl (C=O) groups excluding carboxylic acids is 2. The van der Waals surface area contributed by atoms with Gasteiger partial charge in [0.2, 0.25) is 5.91 Å². The minimum atomic E-state index is -0.123. The zero-order valence-corrected chi connectivity index (χ0v) is 13.1. The second kappa shape index (κ2) is 6.78. The molecule has 0 saturated carbocycles. The number of nitrogens with zero attached hydrogens (tertiary/aromatic N) is 2. The molecule has 1 fully saturated rings. The first-order chi connectivity index (χ1) is 10.0. The molecular weight excluding hydrogens is 268 g/mol. The first kappa shape index (κ1) is 15.6. The lowest BCUT2D eigenvalue weighted by Crippen LogP contribution is -2.42. The number of aryl methyl sites for hydroxylation is 2. The molecule has 2 heterocycles. The van der Waals surface area contributed by atoms with Gasteiger partial charge in [0.1, 0.15) is 6.54 Å². The van der Waals surface area contributed by atoms with Gasteiger partial charge in [-0.3, -0.25) is 9.59 Å². The van der Waals surface area contributed by atoms with Crippen LogP contribution >= 0.6 is 0 Å². The Kier molecular flexibility index (Phi) is 5.04. The topological polar surface area (TPSA) is 51.5 Å². The van der Waals surface area contributed by atoms with E-state index in [1.165, 1.54) is 0 Å². The van der Waals surface area contributed by atoms with Gasteiger partial charge in [-0.15, -0.1) is 0 Å². The molecule has 2 rings (SSSR count). The fourth-order valence-corrected chi connectivity index (χ4v) is 2.81. The molecular formula is C16H24N2O3. The number of esters is 1. The maximum Gasteiger partial charge on any atom is 0.309 e. The largest absolute Gasteiger partial charge is 0.466 e. The van der Waals surface area contributed by atoms with E-state index >= 15 is 0 Å². The summed E-state index contributed by atoms with van der Waals surface area (Å²) in [4.78, 5) is 25.9. The van der Waals surface area contributed by atoms with Crippen LogP contribution in [-0.2, 0) is 20.9 Å². The summed E-state index contributed by atoms with van der Waals surface area (Å²) < 4.78 is 7.07. The number of piperidine rings is 1. The van der Waals surface area contributed by atoms with Crippen LogP contribution in [0.1, 0.15) is 31.2 Å². The van der Waals surface area contributed by atoms with Gasteiger partial charge in [-0.1, -0.05) is 0 Å². The normalized spacial score (nSPS) is 16.0. The van der Waals surface area contributed by atoms with Gasteiger partial charge in [-0.25, -0.2) is 0 Å². The first-order valence-corrected chi connectivity index (χ1v) is 7.60. The third-order valence-corrected chi connectivity index (χ3v) is 4.18. The molecule has 0 aromatic carbocycles. The van der Waals surface area contributed by atoms with E-state index < -0.39 is 0 Å². The van der Waals surface area contributed by atoms with Crippen LogP contribution in [0.4, 0.5) is 0 Å². The van der Waals surface area contributed by atoms with E-state index in [1.54, 1.807) is 0 Å². The van der Waals surface area contributed by atoms with E-state index in [9.17, 15) is 9.59 Å². The molecule has 116 valence electrons. The molecule has 21 heavy (non-hydrogen) atoms. The number of rotatable bonds is 4. The number of hydrogen-bond donors (Lipinski definition) is 0. The Labute approximate surface area is 125 Å². The molecule has 1 aromatic heterocycles. The molecule has 1 amide bonds. The van der Waals surface area contributed by atoms with Crippen molar-refractivity contribution >= 4 is 11.9 Å². The minimum Gasteiger partial charge on any atom is -0.466 e. The van der Waals surface area contributed by atoms with E-state index in [0.717, 1.165) is 11.4 Å². The third-order valence-electron chi connectivity index (χ3n) is 4.18. The Morgan fingerprint density at radius 3 is 2.29 bits per heavy atom. The Morgan fingerprint density at radius 1 is 1.19 bits per heavy atom. The average molecular weight is 292 g/mol. The van der Waals surface area contributed by atoms with Crippen molar-refractivity contribution < 1.29 is 14.3 Å². The van der Waals surface area contributed by atoms with Crippen molar-refractivity contribution in [2.75, 3.05) is 19.7 Å². The van der Waals surface area contributed by atoms with Crippen molar-refractivity contribution in [1.29, 1.82) is 0 Å². The summed E-state index contributed by atoms with van der Waals surface area (Å²) in [6.45, 7) is 7.92. The van der Waals surface area contributed by atoms with Crippen LogP contribution in [0.5, 0.6) is 0 Å². The van der Waals surface area contributed by atoms with E-state index in [2.05, 4.69) is 0 Å². The Morgan fingerprint density at radius 2 is 1.76 bits per heavy atom. The average Bonchev–Trinajstić information content (AvgIpc) is 2.79. The summed E-state index contributed by atoms with van der Waals surface area (Å²) in [7, 11) is 0. The SMILES string of the molecule is CCOC(=O)C1CCN(C(=O)Cn2c(C)ccc2C)CC1. The van der Waals surface area contributed by atoms with Gasteiger partial charge < -0.3 is 14.2 Å². The fraction of sp³-hybridized carbons (Fsp3) is 0.625. The lowest BCUT2D eigenvalue weighted by atomic mass is 9.97. The fourth-order valence-electron chi connectivity index (χ4n) is 2.81. The number of likely N-dealkylation sites (tertiary alicyclic amines) is 1. The van der Waals surface area contributed by atoms with Crippen molar-refractivity contribution in [2.45, 2.75) is 40.2 Å². The highest BCUT2D eigenvalue weighted by Crippen LogP contribution is 2.19. The Balaban J connectivity index is 1.87. The maximum atomic E-state index is 12.4. The molecule has 1 aliphatic rings. The number of hydrogen-bond acceptors (Lipinski definition) is 3. The molecule has 0 aliphatic carbocycles. The molecule has 5 nitrogen and oxygen atoms in total. The Hall–Kier alpha value is -1.78. The number of aromatic nitrogens is 1. The number of carbonyl (C=O) groups is 2. The van der Waals surface area contributed by atoms with Crippen LogP contribution in [0, 0.1) is 19.8 Å². The summed E-state index contributed by atoms with van der Waals surface area (Å²) in [6.07, 6.45) is 1.41. The van der Waals surface area contributed by atoms with Crippen molar-refractivity contribution in [3.63, 3.8) is 0 Å². The summed E-state index contributed by atoms with van der Waals surface area (Å²) in [5.41, 5.74) is 2.20. The predicted molar refractivity (Wildman–Crippen MR) is 79.8 cm³/mol. The van der Waals surface area contributed by atoms with Crippen molar-refractivity contribution in [3.05, 3.63) is 23.5 Å². The molecule has 1 aromatic rings. The standard InChI is InChI=1S/C16H24N2O3/c1-4-21-16(20)14-7-9-17(10-8-14)15(19)11-18-12(2)5-6-13(18)3/h5-6,14H,4,7-11H2,1-3H3. The van der Waals surface area contributed by atoms with Gasteiger partial charge in [-0.05, 0) is 45.7 Å². The number of ether oxygens (including phenoxy) is 1. The minimum absolute atomic E-state index is 0.0518. The number of amides is 1. The van der Waals surface area contributed by atoms with Gasteiger partial charge in [0, 0.05) is 24.5 Å². The smallest absolute Gasteiger partial charge is 0.309 e. The van der Waals surface area contributed by atoms with Crippen LogP contribution < -0.4 is 0 Å². The molecule has 0 N–H and O–H groups in total. The summed E-state index contributed by atoms with van der Waals surface area (Å²) in [6, 6.07) is 4.05. The highest BCUT2D eigenvalue weighted by atomic mass is 16.5. The monoisotopic (exact) mass is 292 g/mol. The molecule has 5 heteroatoms. The van der Waals surface area contributed by atoms with Crippen LogP contribution in [0.25, 0.3) is 0 Å². The molecule has 0 radical (unpaired) electrons. The summed E-state index contributed by atoms with van der Waals surface area (Å²) >= 11 is 0. The molecule has 1 aliphatic heterocycles. The summed E-state index contributed by atoms with van der Waals surface area (Å²) in [5.74, 6) is -0.0505. The highest BCUT2D eigenvalue weighted by Gasteiger charge is 2.28. The quantitative estimate of drug-likeness (QED) is 0.797. The van der Waals surface area contributed by atoms with Gasteiger partial charge in [0.05, 0.1) is 12.5 Å². The van der Waals surface area contributed by atoms with Gasteiger partial charge in [0.25, 0.3) is 0 Å². The van der Waals surface area contributed by atoms with Crippen molar-refractivity contribution in [2.24, 2.45) is 5.92 Å². The first-order valence-electron chi connectivity index (χ1n) is 7.60. The van der Waals surface area contributed by atoms with Crippen LogP contribution in [0.15, 0.2) is 12.1 Å². The van der Waals surface area contributed by atoms with Crippen molar-refractivity contribution in [3.8, 4) is 0 Å². The zero-order chi connectivity index (χ0) is 15.4. The van der Waals surface area contributed by atoms with Crippen molar-refractivity contribution in [1.82, 2.24) is 9.47 Å². The van der Waals surface area contributed by atoms with Crippen LogP contribution in [0.2, 0.25) is 0 Å². The zero-order valence-electron chi connectivity index (χ0n) is 13.1. The van der Waals surface area contributed by atoms with E-state index in [4.69, 9.17) is 4.74 Å². The van der Waals surface area contributed by atoms with Gasteiger partial charge in [0.15, 0.2) is 0 Å². The molecule has 0 unspecified atom stereocenters. The van der Waals surface area contributed by atoms with E-state index in [0.29, 0.717) is 39.1 Å². The molecule has 0 spiro atoms. The highest BCUT2D eigenvalue weighted by molar-refractivity contribution is 5.77. The lowest BCUT2D eigenvalue weighted by molar-refractivity contribution is -0.151.